The Labute approximate surface area is 159 Å². The Hall–Kier alpha value is -3.00. The van der Waals surface area contributed by atoms with E-state index >= 15 is 0 Å². The van der Waals surface area contributed by atoms with Gasteiger partial charge < -0.3 is 10.0 Å². The van der Waals surface area contributed by atoms with E-state index in [-0.39, 0.29) is 18.1 Å². The van der Waals surface area contributed by atoms with Crippen molar-refractivity contribution in [3.63, 3.8) is 0 Å². The maximum Gasteiger partial charge on any atom is 0.356 e. The number of nitrogens with zero attached hydrogens (tertiary/aromatic N) is 4. The number of carboxylic acid groups (broad SMARTS) is 1. The molecule has 0 fully saturated rings. The van der Waals surface area contributed by atoms with E-state index in [0.29, 0.717) is 31.5 Å². The minimum Gasteiger partial charge on any atom is -0.476 e. The smallest absolute Gasteiger partial charge is 0.356 e. The van der Waals surface area contributed by atoms with Gasteiger partial charge in [-0.3, -0.25) is 14.5 Å². The van der Waals surface area contributed by atoms with Gasteiger partial charge >= 0.3 is 5.97 Å². The summed E-state index contributed by atoms with van der Waals surface area (Å²) < 4.78 is 1.71. The molecule has 1 amide bonds. The van der Waals surface area contributed by atoms with Crippen LogP contribution in [0.4, 0.5) is 0 Å². The molecule has 3 aromatic rings. The second-order valence-corrected chi connectivity index (χ2v) is 7.41. The van der Waals surface area contributed by atoms with Gasteiger partial charge in [0.1, 0.15) is 0 Å². The number of fused-ring (bicyclic) bond motifs is 1. The first-order valence-electron chi connectivity index (χ1n) is 8.63. The largest absolute Gasteiger partial charge is 0.476 e. The fourth-order valence-electron chi connectivity index (χ4n) is 3.33. The lowest BCUT2D eigenvalue weighted by atomic mass is 10.0. The van der Waals surface area contributed by atoms with Crippen LogP contribution in [0, 0.1) is 0 Å². The molecule has 0 aromatic carbocycles. The monoisotopic (exact) mass is 382 g/mol. The number of thiophene rings is 1. The van der Waals surface area contributed by atoms with Crippen LogP contribution >= 0.6 is 11.3 Å². The summed E-state index contributed by atoms with van der Waals surface area (Å²) in [5.74, 6) is -1.06. The minimum absolute atomic E-state index is 0.0110. The topological polar surface area (TPSA) is 88.3 Å². The van der Waals surface area contributed by atoms with Crippen LogP contribution in [0.5, 0.6) is 0 Å². The van der Waals surface area contributed by atoms with Crippen LogP contribution in [-0.2, 0) is 30.7 Å². The zero-order valence-corrected chi connectivity index (χ0v) is 15.4. The first-order chi connectivity index (χ1) is 13.1. The highest BCUT2D eigenvalue weighted by molar-refractivity contribution is 7.10. The van der Waals surface area contributed by atoms with Crippen molar-refractivity contribution in [1.29, 1.82) is 0 Å². The maximum absolute atomic E-state index is 12.6. The summed E-state index contributed by atoms with van der Waals surface area (Å²) in [7, 11) is 0. The molecule has 27 heavy (non-hydrogen) atoms. The lowest BCUT2D eigenvalue weighted by Crippen LogP contribution is -2.37. The molecule has 4 heterocycles. The van der Waals surface area contributed by atoms with E-state index in [0.717, 1.165) is 16.3 Å². The number of carboxylic acids is 1. The zero-order chi connectivity index (χ0) is 18.8. The van der Waals surface area contributed by atoms with Crippen LogP contribution in [0.25, 0.3) is 0 Å². The average Bonchev–Trinajstić information content (AvgIpc) is 3.30. The molecule has 0 aliphatic carbocycles. The highest BCUT2D eigenvalue weighted by atomic mass is 32.1. The summed E-state index contributed by atoms with van der Waals surface area (Å²) >= 11 is 1.55. The van der Waals surface area contributed by atoms with Gasteiger partial charge in [-0.25, -0.2) is 4.79 Å². The summed E-state index contributed by atoms with van der Waals surface area (Å²) in [4.78, 5) is 31.3. The van der Waals surface area contributed by atoms with E-state index in [1.54, 1.807) is 27.1 Å². The molecule has 7 nitrogen and oxygen atoms in total. The van der Waals surface area contributed by atoms with Gasteiger partial charge in [-0.15, -0.1) is 11.3 Å². The van der Waals surface area contributed by atoms with E-state index in [9.17, 15) is 14.7 Å². The normalized spacial score (nSPS) is 13.4. The Kier molecular flexibility index (Phi) is 4.72. The molecular formula is C19H18N4O3S. The van der Waals surface area contributed by atoms with Crippen molar-refractivity contribution in [2.24, 2.45) is 0 Å². The number of hydrogen-bond acceptors (Lipinski definition) is 5. The average molecular weight is 382 g/mol. The number of pyridine rings is 1. The molecule has 0 saturated heterocycles. The first kappa shape index (κ1) is 17.4. The second kappa shape index (κ2) is 7.32. The zero-order valence-electron chi connectivity index (χ0n) is 14.5. The maximum atomic E-state index is 12.6. The number of rotatable bonds is 5. The molecule has 0 unspecified atom stereocenters. The summed E-state index contributed by atoms with van der Waals surface area (Å²) in [6.45, 7) is 1.26. The van der Waals surface area contributed by atoms with Crippen LogP contribution in [-0.4, -0.2) is 43.2 Å². The van der Waals surface area contributed by atoms with Gasteiger partial charge in [0, 0.05) is 41.8 Å². The van der Waals surface area contributed by atoms with E-state index in [2.05, 4.69) is 10.1 Å². The highest BCUT2D eigenvalue weighted by Crippen LogP contribution is 2.24. The van der Waals surface area contributed by atoms with Crippen LogP contribution < -0.4 is 0 Å². The SMILES string of the molecule is O=C(O)c1nn(Cc2ccccn2)c2c1CN(C(=O)Cc1cccs1)CC2. The van der Waals surface area contributed by atoms with Crippen molar-refractivity contribution in [3.8, 4) is 0 Å². The Morgan fingerprint density at radius 1 is 1.22 bits per heavy atom. The molecule has 1 aliphatic rings. The van der Waals surface area contributed by atoms with Gasteiger partial charge in [-0.05, 0) is 23.6 Å². The fraction of sp³-hybridized carbons (Fsp3) is 0.263. The molecule has 0 atom stereocenters. The molecule has 1 N–H and O–H groups in total. The van der Waals surface area contributed by atoms with Gasteiger partial charge in [-0.2, -0.15) is 5.10 Å². The van der Waals surface area contributed by atoms with Crippen LogP contribution in [0.3, 0.4) is 0 Å². The Morgan fingerprint density at radius 3 is 2.81 bits per heavy atom. The molecule has 0 bridgehead atoms. The van der Waals surface area contributed by atoms with E-state index in [1.165, 1.54) is 0 Å². The van der Waals surface area contributed by atoms with Crippen molar-refractivity contribution < 1.29 is 14.7 Å². The third kappa shape index (κ3) is 3.61. The molecule has 0 saturated carbocycles. The molecule has 4 rings (SSSR count). The van der Waals surface area contributed by atoms with Gasteiger partial charge in [0.05, 0.1) is 18.7 Å². The van der Waals surface area contributed by atoms with E-state index in [4.69, 9.17) is 0 Å². The molecule has 3 aromatic heterocycles. The third-order valence-corrected chi connectivity index (χ3v) is 5.51. The number of carbonyl (C=O) groups is 2. The lowest BCUT2D eigenvalue weighted by Gasteiger charge is -2.27. The number of hydrogen-bond donors (Lipinski definition) is 1. The molecule has 138 valence electrons. The lowest BCUT2D eigenvalue weighted by molar-refractivity contribution is -0.131. The number of aromatic nitrogens is 3. The minimum atomic E-state index is -1.07. The molecule has 1 aliphatic heterocycles. The van der Waals surface area contributed by atoms with Gasteiger partial charge in [0.2, 0.25) is 5.91 Å². The third-order valence-electron chi connectivity index (χ3n) is 4.63. The summed E-state index contributed by atoms with van der Waals surface area (Å²) in [5.41, 5.74) is 2.34. The molecule has 0 spiro atoms. The standard InChI is InChI=1S/C19H18N4O3S/c24-17(10-14-5-3-9-27-14)22-8-6-16-15(12-22)18(19(25)26)21-23(16)11-13-4-1-2-7-20-13/h1-5,7,9H,6,8,10-12H2,(H,25,26). The molecule has 0 radical (unpaired) electrons. The predicted octanol–water partition coefficient (Wildman–Crippen LogP) is 2.21. The summed E-state index contributed by atoms with van der Waals surface area (Å²) in [5, 5.41) is 15.8. The second-order valence-electron chi connectivity index (χ2n) is 6.38. The number of aromatic carboxylic acids is 1. The number of amides is 1. The fourth-order valence-corrected chi connectivity index (χ4v) is 4.02. The van der Waals surface area contributed by atoms with Gasteiger partial charge in [0.15, 0.2) is 5.69 Å². The number of carbonyl (C=O) groups excluding carboxylic acids is 1. The van der Waals surface area contributed by atoms with E-state index in [1.807, 2.05) is 35.7 Å². The van der Waals surface area contributed by atoms with Crippen LogP contribution in [0.2, 0.25) is 0 Å². The summed E-state index contributed by atoms with van der Waals surface area (Å²) in [6.07, 6.45) is 2.63. The van der Waals surface area contributed by atoms with Gasteiger partial charge in [0.25, 0.3) is 0 Å². The summed E-state index contributed by atoms with van der Waals surface area (Å²) in [6, 6.07) is 9.47. The van der Waals surface area contributed by atoms with Crippen molar-refractivity contribution in [1.82, 2.24) is 19.7 Å². The molecule has 8 heteroatoms. The van der Waals surface area contributed by atoms with Crippen LogP contribution in [0.15, 0.2) is 41.9 Å². The van der Waals surface area contributed by atoms with Crippen molar-refractivity contribution in [3.05, 3.63) is 69.4 Å². The van der Waals surface area contributed by atoms with Gasteiger partial charge in [-0.1, -0.05) is 12.1 Å². The Balaban J connectivity index is 1.58. The van der Waals surface area contributed by atoms with Crippen molar-refractivity contribution in [2.45, 2.75) is 25.9 Å². The predicted molar refractivity (Wildman–Crippen MR) is 99.7 cm³/mol. The Bertz CT molecular complexity index is 967. The van der Waals surface area contributed by atoms with Crippen molar-refractivity contribution in [2.75, 3.05) is 6.54 Å². The first-order valence-corrected chi connectivity index (χ1v) is 9.51. The van der Waals surface area contributed by atoms with Crippen molar-refractivity contribution >= 4 is 23.2 Å². The Morgan fingerprint density at radius 2 is 2.11 bits per heavy atom. The van der Waals surface area contributed by atoms with Crippen LogP contribution in [0.1, 0.15) is 32.3 Å². The highest BCUT2D eigenvalue weighted by Gasteiger charge is 2.30. The van der Waals surface area contributed by atoms with E-state index < -0.39 is 5.97 Å². The molecular weight excluding hydrogens is 364 g/mol. The quantitative estimate of drug-likeness (QED) is 0.731.